The van der Waals surface area contributed by atoms with Crippen LogP contribution in [0.1, 0.15) is 100 Å². The summed E-state index contributed by atoms with van der Waals surface area (Å²) in [5.41, 5.74) is 5.77. The van der Waals surface area contributed by atoms with E-state index in [1.54, 1.807) is 0 Å². The molecule has 5 rings (SSSR count). The van der Waals surface area contributed by atoms with E-state index in [1.165, 1.54) is 16.7 Å². The van der Waals surface area contributed by atoms with Crippen molar-refractivity contribution in [1.29, 1.82) is 0 Å². The molecule has 2 unspecified atom stereocenters. The Morgan fingerprint density at radius 1 is 1.04 bits per heavy atom. The highest BCUT2D eigenvalue weighted by molar-refractivity contribution is 6.31. The number of carbonyl (C=O) groups is 1. The lowest BCUT2D eigenvalue weighted by Crippen LogP contribution is -2.35. The van der Waals surface area contributed by atoms with Gasteiger partial charge in [0.05, 0.1) is 6.10 Å². The first-order chi connectivity index (χ1) is 21.9. The fourth-order valence-electron chi connectivity index (χ4n) is 5.96. The van der Waals surface area contributed by atoms with Gasteiger partial charge in [0, 0.05) is 48.2 Å². The summed E-state index contributed by atoms with van der Waals surface area (Å²) in [4.78, 5) is 16.5. The van der Waals surface area contributed by atoms with E-state index in [1.807, 2.05) is 24.5 Å². The van der Waals surface area contributed by atoms with Gasteiger partial charge in [-0.3, -0.25) is 9.78 Å². The first kappa shape index (κ1) is 33.4. The molecule has 8 heteroatoms. The highest BCUT2D eigenvalue weighted by Crippen LogP contribution is 2.50. The van der Waals surface area contributed by atoms with Gasteiger partial charge in [0.1, 0.15) is 11.9 Å². The number of para-hydroxylation sites is 1. The minimum Gasteiger partial charge on any atom is -0.490 e. The average molecular weight is 634 g/mol. The number of ether oxygens (including phenoxy) is 1. The van der Waals surface area contributed by atoms with Gasteiger partial charge in [-0.2, -0.15) is 0 Å². The van der Waals surface area contributed by atoms with Gasteiger partial charge in [-0.25, -0.2) is 0 Å². The Balaban J connectivity index is 1.13. The van der Waals surface area contributed by atoms with Gasteiger partial charge >= 0.3 is 0 Å². The average Bonchev–Trinajstić information content (AvgIpc) is 4.00. The van der Waals surface area contributed by atoms with Gasteiger partial charge in [0.25, 0.3) is 0 Å². The van der Waals surface area contributed by atoms with Gasteiger partial charge in [-0.05, 0) is 104 Å². The van der Waals surface area contributed by atoms with Crippen molar-refractivity contribution in [3.05, 3.63) is 82.6 Å². The molecule has 4 N–H and O–H groups in total. The number of nitrogens with zero attached hydrogens (tertiary/aromatic N) is 1. The molecule has 2 saturated carbocycles. The summed E-state index contributed by atoms with van der Waals surface area (Å²) in [7, 11) is 0. The Bertz CT molecular complexity index is 1410. The number of unbranched alkanes of at least 4 members (excludes halogenated alkanes) is 3. The molecule has 2 fully saturated rings. The molecule has 3 aromatic rings. The van der Waals surface area contributed by atoms with Crippen LogP contribution in [-0.2, 0) is 16.9 Å². The summed E-state index contributed by atoms with van der Waals surface area (Å²) >= 11 is 6.71. The van der Waals surface area contributed by atoms with Crippen LogP contribution in [-0.4, -0.2) is 46.5 Å². The molecular formula is C37H48ClN3O4. The lowest BCUT2D eigenvalue weighted by molar-refractivity contribution is -0.129. The first-order valence-electron chi connectivity index (χ1n) is 16.7. The third kappa shape index (κ3) is 9.29. The lowest BCUT2D eigenvalue weighted by Gasteiger charge is -2.23. The second kappa shape index (κ2) is 16.0. The molecule has 242 valence electrons. The van der Waals surface area contributed by atoms with Crippen molar-refractivity contribution in [1.82, 2.24) is 15.6 Å². The molecule has 0 spiro atoms. The zero-order valence-corrected chi connectivity index (χ0v) is 27.2. The number of rotatable bonds is 19. The number of pyridine rings is 1. The Hall–Kier alpha value is -2.97. The van der Waals surface area contributed by atoms with Crippen LogP contribution in [0.5, 0.6) is 5.75 Å². The Kier molecular flexibility index (Phi) is 11.9. The third-order valence-corrected chi connectivity index (χ3v) is 9.51. The van der Waals surface area contributed by atoms with Crippen molar-refractivity contribution in [3.63, 3.8) is 0 Å². The highest BCUT2D eigenvalue weighted by atomic mass is 35.5. The maximum atomic E-state index is 12.0. The summed E-state index contributed by atoms with van der Waals surface area (Å²) < 4.78 is 6.27. The van der Waals surface area contributed by atoms with Crippen molar-refractivity contribution in [3.8, 4) is 16.9 Å². The number of benzene rings is 2. The zero-order chi connectivity index (χ0) is 31.6. The minimum absolute atomic E-state index is 0.0845. The standard InChI is InChI=1S/C37H48ClN3O4/c1-26(9-3-2-7-20-40-36(44)34(43)11-6-8-22-42)27-13-16-33(38)28(23-27)24-41-37(18-19-37)32-25-39-21-17-30(32)31-10-4-5-12-35(31)45-29-14-15-29/h4-5,10,12-13,16-17,21,23,25-26,29,34,41-43H,2-3,6-9,11,14-15,18-20,22,24H2,1H3,(H,40,44). The van der Waals surface area contributed by atoms with Crippen molar-refractivity contribution < 1.29 is 19.7 Å². The molecule has 1 amide bonds. The number of aromatic nitrogens is 1. The van der Waals surface area contributed by atoms with Crippen LogP contribution < -0.4 is 15.4 Å². The Morgan fingerprint density at radius 2 is 1.84 bits per heavy atom. The first-order valence-corrected chi connectivity index (χ1v) is 17.1. The van der Waals surface area contributed by atoms with Crippen LogP contribution >= 0.6 is 11.6 Å². The zero-order valence-electron chi connectivity index (χ0n) is 26.4. The SMILES string of the molecule is CC(CCCCCNC(=O)C(O)CCCCO)c1ccc(Cl)c(CNC2(c3cnccc3-c3ccccc3OC3CC3)CC2)c1. The molecule has 0 bridgehead atoms. The predicted octanol–water partition coefficient (Wildman–Crippen LogP) is 7.03. The van der Waals surface area contributed by atoms with Crippen molar-refractivity contribution >= 4 is 17.5 Å². The fourth-order valence-corrected chi connectivity index (χ4v) is 6.15. The normalized spacial score (nSPS) is 16.6. The summed E-state index contributed by atoms with van der Waals surface area (Å²) in [6, 6.07) is 16.9. The van der Waals surface area contributed by atoms with E-state index < -0.39 is 6.10 Å². The number of aliphatic hydroxyl groups is 2. The van der Waals surface area contributed by atoms with E-state index in [-0.39, 0.29) is 18.1 Å². The smallest absolute Gasteiger partial charge is 0.248 e. The van der Waals surface area contributed by atoms with Crippen LogP contribution in [0.3, 0.4) is 0 Å². The van der Waals surface area contributed by atoms with Gasteiger partial charge in [-0.15, -0.1) is 0 Å². The number of halogens is 1. The van der Waals surface area contributed by atoms with Crippen LogP contribution in [0, 0.1) is 0 Å². The monoisotopic (exact) mass is 633 g/mol. The topological polar surface area (TPSA) is 104 Å². The van der Waals surface area contributed by atoms with Crippen molar-refractivity contribution in [2.45, 2.75) is 108 Å². The molecule has 7 nitrogen and oxygen atoms in total. The van der Waals surface area contributed by atoms with Gasteiger partial charge < -0.3 is 25.6 Å². The maximum absolute atomic E-state index is 12.0. The second-order valence-electron chi connectivity index (χ2n) is 12.8. The van der Waals surface area contributed by atoms with Gasteiger partial charge in [0.15, 0.2) is 0 Å². The second-order valence-corrected chi connectivity index (χ2v) is 13.2. The number of hydrogen-bond acceptors (Lipinski definition) is 6. The molecule has 2 aromatic carbocycles. The van der Waals surface area contributed by atoms with Crippen LogP contribution in [0.25, 0.3) is 11.1 Å². The highest BCUT2D eigenvalue weighted by Gasteiger charge is 2.46. The number of carbonyl (C=O) groups excluding carboxylic acids is 1. The number of aliphatic hydroxyl groups excluding tert-OH is 2. The summed E-state index contributed by atoms with van der Waals surface area (Å²) in [6.45, 7) is 3.59. The Morgan fingerprint density at radius 3 is 2.62 bits per heavy atom. The fraction of sp³-hybridized carbons (Fsp3) is 0.514. The molecule has 0 saturated heterocycles. The van der Waals surface area contributed by atoms with E-state index >= 15 is 0 Å². The molecule has 2 atom stereocenters. The summed E-state index contributed by atoms with van der Waals surface area (Å²) in [5.74, 6) is 1.03. The molecule has 2 aliphatic rings. The molecule has 45 heavy (non-hydrogen) atoms. The molecule has 0 aliphatic heterocycles. The summed E-state index contributed by atoms with van der Waals surface area (Å²) in [6.07, 6.45) is 13.2. The van der Waals surface area contributed by atoms with Crippen LogP contribution in [0.2, 0.25) is 5.02 Å². The van der Waals surface area contributed by atoms with E-state index in [9.17, 15) is 9.90 Å². The maximum Gasteiger partial charge on any atom is 0.248 e. The van der Waals surface area contributed by atoms with Crippen molar-refractivity contribution in [2.24, 2.45) is 0 Å². The molecular weight excluding hydrogens is 586 g/mol. The predicted molar refractivity (Wildman–Crippen MR) is 179 cm³/mol. The molecule has 1 heterocycles. The van der Waals surface area contributed by atoms with Crippen molar-refractivity contribution in [2.75, 3.05) is 13.2 Å². The molecule has 1 aromatic heterocycles. The molecule has 0 radical (unpaired) electrons. The largest absolute Gasteiger partial charge is 0.490 e. The van der Waals surface area contributed by atoms with E-state index in [4.69, 9.17) is 21.4 Å². The van der Waals surface area contributed by atoms with E-state index in [0.29, 0.717) is 44.4 Å². The van der Waals surface area contributed by atoms with Gasteiger partial charge in [0.2, 0.25) is 5.91 Å². The quantitative estimate of drug-likeness (QED) is 0.106. The van der Waals surface area contributed by atoms with E-state index in [2.05, 4.69) is 58.9 Å². The molecule has 2 aliphatic carbocycles. The number of amides is 1. The summed E-state index contributed by atoms with van der Waals surface area (Å²) in [5, 5.41) is 26.2. The number of hydrogen-bond donors (Lipinski definition) is 4. The minimum atomic E-state index is -0.991. The Labute approximate surface area is 272 Å². The van der Waals surface area contributed by atoms with E-state index in [0.717, 1.165) is 73.3 Å². The number of nitrogens with one attached hydrogen (secondary N) is 2. The van der Waals surface area contributed by atoms with Gasteiger partial charge in [-0.1, -0.05) is 61.7 Å². The lowest BCUT2D eigenvalue weighted by atomic mass is 9.93. The third-order valence-electron chi connectivity index (χ3n) is 9.14. The van der Waals surface area contributed by atoms with Crippen LogP contribution in [0.4, 0.5) is 0 Å². The van der Waals surface area contributed by atoms with Crippen LogP contribution in [0.15, 0.2) is 60.9 Å².